The topological polar surface area (TPSA) is 25.3 Å². The van der Waals surface area contributed by atoms with Crippen molar-refractivity contribution in [2.75, 3.05) is 0 Å². The number of hydrogen-bond donors (Lipinski definition) is 0. The van der Waals surface area contributed by atoms with Gasteiger partial charge in [0.05, 0.1) is 0 Å². The van der Waals surface area contributed by atoms with E-state index in [1.54, 1.807) is 0 Å². The second-order valence-corrected chi connectivity index (χ2v) is 27.4. The molecule has 0 amide bonds. The van der Waals surface area contributed by atoms with Crippen LogP contribution >= 0.6 is 0 Å². The summed E-state index contributed by atoms with van der Waals surface area (Å²) < 4.78 is 1.43. The monoisotopic (exact) mass is 1200 g/mol. The Hall–Kier alpha value is -2.43. The third-order valence-corrected chi connectivity index (χ3v) is 19.3. The van der Waals surface area contributed by atoms with Crippen LogP contribution in [0.25, 0.3) is 16.9 Å². The molecule has 1 aliphatic rings. The van der Waals surface area contributed by atoms with E-state index in [2.05, 4.69) is 101 Å². The Morgan fingerprint density at radius 2 is 0.714 bits per heavy atom. The quantitative estimate of drug-likeness (QED) is 0.0273. The summed E-state index contributed by atoms with van der Waals surface area (Å²) in [6.45, 7) is 11.3. The molecule has 3 heteroatoms. The summed E-state index contributed by atoms with van der Waals surface area (Å²) in [4.78, 5) is 0. The van der Waals surface area contributed by atoms with Crippen molar-refractivity contribution < 1.29 is 19.1 Å². The van der Waals surface area contributed by atoms with Gasteiger partial charge < -0.3 is 5.53 Å². The van der Waals surface area contributed by atoms with Gasteiger partial charge in [-0.25, -0.2) is 4.70 Å². The number of aryl methyl sites for hydroxylation is 2. The fraction of sp³-hybridized carbons (Fsp3) is 0.778. The molecular weight excluding hydrogens is 1060 g/mol. The summed E-state index contributed by atoms with van der Waals surface area (Å²) in [7, 11) is 0. The zero-order valence-corrected chi connectivity index (χ0v) is 57.9. The number of benzene rings is 2. The first-order chi connectivity index (χ1) is 41.6. The smallest absolute Gasteiger partial charge is 0.0654 e. The van der Waals surface area contributed by atoms with Crippen molar-refractivity contribution >= 4 is 11.4 Å². The first-order valence-electron chi connectivity index (χ1n) is 37.6. The summed E-state index contributed by atoms with van der Waals surface area (Å²) in [5.74, 6) is 6.84. The third kappa shape index (κ3) is 44.1. The zero-order chi connectivity index (χ0) is 60.1. The van der Waals surface area contributed by atoms with E-state index in [1.807, 2.05) is 14.4 Å². The van der Waals surface area contributed by atoms with Gasteiger partial charge in [0, 0.05) is 35.6 Å². The van der Waals surface area contributed by atoms with Crippen molar-refractivity contribution in [1.29, 1.82) is 0 Å². The average Bonchev–Trinajstić information content (AvgIpc) is 4.08. The van der Waals surface area contributed by atoms with Gasteiger partial charge in [0.15, 0.2) is 0 Å². The summed E-state index contributed by atoms with van der Waals surface area (Å²) in [5.41, 5.74) is 19.3. The van der Waals surface area contributed by atoms with Crippen LogP contribution in [0.2, 0.25) is 10.8 Å². The summed E-state index contributed by atoms with van der Waals surface area (Å²) >= 11 is 2.05. The van der Waals surface area contributed by atoms with Crippen LogP contribution in [0.4, 0.5) is 0 Å². The molecular formula is C81H140N2Ni. The minimum atomic E-state index is 0.878. The second kappa shape index (κ2) is 60.8. The number of allylic oxidation sites excluding steroid dienone is 2. The fourth-order valence-corrected chi connectivity index (χ4v) is 13.6. The van der Waals surface area contributed by atoms with Crippen molar-refractivity contribution in [2.24, 2.45) is 0 Å². The zero-order valence-electron chi connectivity index (χ0n) is 56.9. The van der Waals surface area contributed by atoms with Gasteiger partial charge in [-0.3, -0.25) is 0 Å². The van der Waals surface area contributed by atoms with E-state index in [0.717, 1.165) is 61.0 Å². The predicted molar refractivity (Wildman–Crippen MR) is 374 cm³/mol. The molecule has 0 fully saturated rings. The Balaban J connectivity index is 0.000000574. The molecule has 2 nitrogen and oxygen atoms in total. The molecule has 0 aromatic heterocycles. The van der Waals surface area contributed by atoms with Gasteiger partial charge in [0.1, 0.15) is 0 Å². The Morgan fingerprint density at radius 1 is 0.357 bits per heavy atom. The minimum absolute atomic E-state index is 0.878. The molecule has 0 saturated heterocycles. The Morgan fingerprint density at radius 3 is 1.11 bits per heavy atom. The van der Waals surface area contributed by atoms with E-state index in [0.29, 0.717) is 0 Å². The summed E-state index contributed by atoms with van der Waals surface area (Å²) in [5, 5.41) is 2.87. The molecule has 0 N–H and O–H groups in total. The SMILES string of the molecule is CCCCCCCCCCCCC#CCCCc1ccccc1C1=C(CC)C=C(c2cccc(CCCC)c2)[N+]1=[N-].CCCCCCCCCCCCCCCCCCCC[CH2][Ni][CH2]CCCCCCCCCCCCCCCCCCCC. The van der Waals surface area contributed by atoms with Gasteiger partial charge in [0.2, 0.25) is 11.4 Å². The molecule has 1 heterocycles. The maximum absolute atomic E-state index is 11.4. The van der Waals surface area contributed by atoms with Crippen molar-refractivity contribution in [1.82, 2.24) is 0 Å². The molecule has 0 bridgehead atoms. The van der Waals surface area contributed by atoms with E-state index in [9.17, 15) is 5.53 Å². The van der Waals surface area contributed by atoms with Crippen LogP contribution in [0.3, 0.4) is 0 Å². The average molecular weight is 1200 g/mol. The number of unbranched alkanes of at least 4 members (excludes halogenated alkanes) is 48. The third-order valence-electron chi connectivity index (χ3n) is 17.9. The van der Waals surface area contributed by atoms with Gasteiger partial charge in [-0.2, -0.15) is 0 Å². The van der Waals surface area contributed by atoms with Crippen molar-refractivity contribution in [3.05, 3.63) is 88.0 Å². The predicted octanol–water partition coefficient (Wildman–Crippen LogP) is 28.6. The number of hydrogen-bond acceptors (Lipinski definition) is 0. The van der Waals surface area contributed by atoms with Crippen LogP contribution < -0.4 is 0 Å². The Bertz CT molecular complexity index is 1850. The number of rotatable bonds is 59. The van der Waals surface area contributed by atoms with Gasteiger partial charge in [-0.15, -0.1) is 11.8 Å². The first-order valence-corrected chi connectivity index (χ1v) is 39.0. The molecule has 0 unspecified atom stereocenters. The number of nitrogens with zero attached hydrogens (tertiary/aromatic N) is 2. The van der Waals surface area contributed by atoms with Crippen LogP contribution in [0.1, 0.15) is 404 Å². The van der Waals surface area contributed by atoms with Crippen molar-refractivity contribution in [2.45, 2.75) is 405 Å². The minimum Gasteiger partial charge on any atom is -0.0654 e. The molecule has 0 spiro atoms. The Kier molecular flexibility index (Phi) is 56.3. The van der Waals surface area contributed by atoms with E-state index in [4.69, 9.17) is 0 Å². The second-order valence-electron chi connectivity index (χ2n) is 25.9. The fourth-order valence-electron chi connectivity index (χ4n) is 12.3. The molecule has 2 aromatic rings. The molecule has 3 rings (SSSR count). The molecule has 0 saturated carbocycles. The van der Waals surface area contributed by atoms with Gasteiger partial charge >= 0.3 is 166 Å². The molecule has 0 radical (unpaired) electrons. The van der Waals surface area contributed by atoms with E-state index < -0.39 is 0 Å². The van der Waals surface area contributed by atoms with Crippen LogP contribution in [0, 0.1) is 11.8 Å². The summed E-state index contributed by atoms with van der Waals surface area (Å²) in [6, 6.07) is 17.2. The van der Waals surface area contributed by atoms with E-state index >= 15 is 0 Å². The van der Waals surface area contributed by atoms with Crippen LogP contribution in [0.15, 0.2) is 60.2 Å². The van der Waals surface area contributed by atoms with Crippen LogP contribution in [-0.2, 0) is 27.3 Å². The van der Waals surface area contributed by atoms with Gasteiger partial charge in [-0.05, 0) is 67.9 Å². The maximum atomic E-state index is 11.4. The Labute approximate surface area is 532 Å². The molecule has 2 aromatic carbocycles. The molecule has 1 aliphatic heterocycles. The molecule has 84 heavy (non-hydrogen) atoms. The normalized spacial score (nSPS) is 12.3. The van der Waals surface area contributed by atoms with Gasteiger partial charge in [0.25, 0.3) is 0 Å². The molecule has 0 atom stereocenters. The molecule has 484 valence electrons. The van der Waals surface area contributed by atoms with E-state index in [1.165, 1.54) is 353 Å². The van der Waals surface area contributed by atoms with Gasteiger partial charge in [-0.1, -0.05) is 232 Å². The first kappa shape index (κ1) is 77.7. The molecule has 0 aliphatic carbocycles. The summed E-state index contributed by atoms with van der Waals surface area (Å²) in [6.07, 6.45) is 80.4. The van der Waals surface area contributed by atoms with Crippen LogP contribution in [0.5, 0.6) is 0 Å². The van der Waals surface area contributed by atoms with Crippen molar-refractivity contribution in [3.8, 4) is 11.8 Å². The van der Waals surface area contributed by atoms with E-state index in [-0.39, 0.29) is 0 Å². The van der Waals surface area contributed by atoms with Crippen molar-refractivity contribution in [3.63, 3.8) is 0 Å². The standard InChI is InChI=1S/C39H54N2.2C21H43.Ni/c1-4-7-9-10-11-12-13-14-15-16-17-18-19-20-21-27-35-28-22-23-30-37(35)39-34(6-3)32-38(41(39)40)36-29-24-26-33(31-36)25-8-5-2;2*1-3-5-7-9-11-13-15-17-19-21-20-18-16-14-12-10-8-6-4-2;/h22-24,26,28-32H,4-17,20-21,25,27H2,1-3H3;2*1,3-21H2,2H3;. The van der Waals surface area contributed by atoms with Crippen LogP contribution in [-0.4, -0.2) is 4.70 Å².